The standard InChI is InChI=1S/C19H23N5O.ClH/c1-13-6-8-23(9-7-13)12-16-11-17(25)24-19(20-16)21-18(22-24)15-5-3-4-14(2)10-15;/h3-5,10-11,13H,6-9,12H2,1-2H3,(H,20,21,22);1H. The van der Waals surface area contributed by atoms with Gasteiger partial charge in [0.1, 0.15) is 0 Å². The molecule has 0 saturated carbocycles. The van der Waals surface area contributed by atoms with E-state index in [1.165, 1.54) is 17.4 Å². The van der Waals surface area contributed by atoms with Gasteiger partial charge in [0, 0.05) is 18.2 Å². The molecule has 3 heterocycles. The van der Waals surface area contributed by atoms with Crippen LogP contribution in [0.4, 0.5) is 0 Å². The summed E-state index contributed by atoms with van der Waals surface area (Å²) < 4.78 is 1.42. The number of hydrogen-bond acceptors (Lipinski definition) is 4. The number of aryl methyl sites for hydroxylation is 1. The smallest absolute Gasteiger partial charge is 0.274 e. The highest BCUT2D eigenvalue weighted by Gasteiger charge is 2.17. The third-order valence-electron chi connectivity index (χ3n) is 4.94. The Morgan fingerprint density at radius 1 is 1.19 bits per heavy atom. The quantitative estimate of drug-likeness (QED) is 0.766. The van der Waals surface area contributed by atoms with Crippen molar-refractivity contribution in [2.24, 2.45) is 5.92 Å². The molecule has 26 heavy (non-hydrogen) atoms. The first kappa shape index (κ1) is 18.6. The molecule has 4 rings (SSSR count). The minimum absolute atomic E-state index is 0. The summed E-state index contributed by atoms with van der Waals surface area (Å²) in [5, 5.41) is 3.06. The van der Waals surface area contributed by atoms with Gasteiger partial charge in [-0.15, -0.1) is 12.4 Å². The number of halogens is 1. The minimum Gasteiger partial charge on any atom is -0.297 e. The van der Waals surface area contributed by atoms with Gasteiger partial charge in [0.25, 0.3) is 11.3 Å². The number of piperidine rings is 1. The summed E-state index contributed by atoms with van der Waals surface area (Å²) in [7, 11) is 0. The zero-order valence-electron chi connectivity index (χ0n) is 15.1. The van der Waals surface area contributed by atoms with Crippen LogP contribution in [0, 0.1) is 12.8 Å². The van der Waals surface area contributed by atoms with Crippen LogP contribution in [0.1, 0.15) is 31.0 Å². The Bertz CT molecular complexity index is 956. The second-order valence-corrected chi connectivity index (χ2v) is 7.12. The molecule has 0 spiro atoms. The third kappa shape index (κ3) is 3.81. The highest BCUT2D eigenvalue weighted by molar-refractivity contribution is 5.85. The maximum absolute atomic E-state index is 12.4. The molecule has 6 nitrogen and oxygen atoms in total. The van der Waals surface area contributed by atoms with Gasteiger partial charge in [0.2, 0.25) is 0 Å². The molecule has 138 valence electrons. The van der Waals surface area contributed by atoms with Crippen LogP contribution in [-0.2, 0) is 6.54 Å². The molecule has 3 aromatic rings. The molecule has 0 atom stereocenters. The zero-order valence-corrected chi connectivity index (χ0v) is 15.9. The molecule has 1 N–H and O–H groups in total. The number of nitrogens with zero attached hydrogens (tertiary/aromatic N) is 4. The molecule has 0 amide bonds. The fourth-order valence-corrected chi connectivity index (χ4v) is 3.38. The average molecular weight is 374 g/mol. The Labute approximate surface area is 158 Å². The second kappa shape index (κ2) is 7.60. The maximum Gasteiger partial charge on any atom is 0.274 e. The summed E-state index contributed by atoms with van der Waals surface area (Å²) in [5.41, 5.74) is 2.79. The first-order valence-corrected chi connectivity index (χ1v) is 8.86. The van der Waals surface area contributed by atoms with Crippen molar-refractivity contribution < 1.29 is 0 Å². The number of hydrogen-bond donors (Lipinski definition) is 1. The molecule has 2 aromatic heterocycles. The second-order valence-electron chi connectivity index (χ2n) is 7.12. The van der Waals surface area contributed by atoms with Gasteiger partial charge in [0.05, 0.1) is 5.69 Å². The highest BCUT2D eigenvalue weighted by atomic mass is 35.5. The van der Waals surface area contributed by atoms with E-state index in [0.717, 1.165) is 35.8 Å². The number of aromatic amines is 1. The van der Waals surface area contributed by atoms with E-state index in [9.17, 15) is 4.79 Å². The van der Waals surface area contributed by atoms with Gasteiger partial charge >= 0.3 is 0 Å². The fraction of sp³-hybridized carbons (Fsp3) is 0.421. The Kier molecular flexibility index (Phi) is 5.44. The molecular weight excluding hydrogens is 350 g/mol. The Hall–Kier alpha value is -2.18. The summed E-state index contributed by atoms with van der Waals surface area (Å²) >= 11 is 0. The molecule has 1 aliphatic rings. The van der Waals surface area contributed by atoms with Crippen molar-refractivity contribution in [1.82, 2.24) is 24.5 Å². The Morgan fingerprint density at radius 2 is 1.96 bits per heavy atom. The largest absolute Gasteiger partial charge is 0.297 e. The normalized spacial score (nSPS) is 15.9. The summed E-state index contributed by atoms with van der Waals surface area (Å²) in [6.45, 7) is 7.18. The molecule has 0 unspecified atom stereocenters. The molecular formula is C19H24ClN5O. The lowest BCUT2D eigenvalue weighted by Gasteiger charge is -2.29. The van der Waals surface area contributed by atoms with E-state index >= 15 is 0 Å². The first-order chi connectivity index (χ1) is 12.1. The number of nitrogens with one attached hydrogen (secondary N) is 1. The summed E-state index contributed by atoms with van der Waals surface area (Å²) in [5.74, 6) is 1.89. The van der Waals surface area contributed by atoms with Crippen LogP contribution in [0.15, 0.2) is 35.1 Å². The van der Waals surface area contributed by atoms with Crippen molar-refractivity contribution in [3.63, 3.8) is 0 Å². The number of fused-ring (bicyclic) bond motifs is 1. The van der Waals surface area contributed by atoms with Crippen LogP contribution in [0.2, 0.25) is 0 Å². The highest BCUT2D eigenvalue weighted by Crippen LogP contribution is 2.18. The summed E-state index contributed by atoms with van der Waals surface area (Å²) in [6, 6.07) is 9.65. The topological polar surface area (TPSA) is 66.3 Å². The van der Waals surface area contributed by atoms with Gasteiger partial charge in [0.15, 0.2) is 5.82 Å². The van der Waals surface area contributed by atoms with E-state index in [-0.39, 0.29) is 18.0 Å². The van der Waals surface area contributed by atoms with Crippen LogP contribution in [0.3, 0.4) is 0 Å². The van der Waals surface area contributed by atoms with Gasteiger partial charge in [-0.2, -0.15) is 9.50 Å². The first-order valence-electron chi connectivity index (χ1n) is 8.86. The van der Waals surface area contributed by atoms with Gasteiger partial charge in [-0.1, -0.05) is 30.7 Å². The Morgan fingerprint density at radius 3 is 2.69 bits per heavy atom. The molecule has 1 fully saturated rings. The lowest BCUT2D eigenvalue weighted by molar-refractivity contribution is 0.183. The minimum atomic E-state index is -0.114. The van der Waals surface area contributed by atoms with E-state index < -0.39 is 0 Å². The number of rotatable bonds is 3. The van der Waals surface area contributed by atoms with Gasteiger partial charge in [-0.3, -0.25) is 14.8 Å². The number of likely N-dealkylation sites (tertiary alicyclic amines) is 1. The van der Waals surface area contributed by atoms with E-state index in [0.29, 0.717) is 18.1 Å². The molecule has 1 aliphatic heterocycles. The van der Waals surface area contributed by atoms with Crippen molar-refractivity contribution in [1.29, 1.82) is 0 Å². The predicted octanol–water partition coefficient (Wildman–Crippen LogP) is 3.05. The van der Waals surface area contributed by atoms with Crippen molar-refractivity contribution in [3.8, 4) is 11.4 Å². The maximum atomic E-state index is 12.4. The van der Waals surface area contributed by atoms with E-state index in [4.69, 9.17) is 0 Å². The number of benzene rings is 1. The van der Waals surface area contributed by atoms with Crippen LogP contribution >= 0.6 is 12.4 Å². The van der Waals surface area contributed by atoms with Crippen LogP contribution in [-0.4, -0.2) is 37.6 Å². The van der Waals surface area contributed by atoms with E-state index in [2.05, 4.69) is 26.9 Å². The summed E-state index contributed by atoms with van der Waals surface area (Å²) in [6.07, 6.45) is 2.42. The molecule has 0 bridgehead atoms. The summed E-state index contributed by atoms with van der Waals surface area (Å²) in [4.78, 5) is 23.9. The zero-order chi connectivity index (χ0) is 17.4. The lowest BCUT2D eigenvalue weighted by Crippen LogP contribution is -2.33. The number of aromatic nitrogens is 4. The van der Waals surface area contributed by atoms with Crippen molar-refractivity contribution >= 4 is 18.2 Å². The Balaban J connectivity index is 0.00000196. The number of H-pyrrole nitrogens is 1. The van der Waals surface area contributed by atoms with E-state index in [1.54, 1.807) is 6.07 Å². The van der Waals surface area contributed by atoms with Crippen LogP contribution < -0.4 is 5.56 Å². The van der Waals surface area contributed by atoms with Gasteiger partial charge in [-0.25, -0.2) is 4.98 Å². The fourth-order valence-electron chi connectivity index (χ4n) is 3.38. The van der Waals surface area contributed by atoms with Crippen LogP contribution in [0.5, 0.6) is 0 Å². The molecule has 0 radical (unpaired) electrons. The SMILES string of the molecule is Cc1cccc(-c2nc3nc(CN4CCC(C)CC4)cc(=O)n3[nH]2)c1.Cl. The molecule has 0 aliphatic carbocycles. The molecule has 1 saturated heterocycles. The average Bonchev–Trinajstić information content (AvgIpc) is 3.02. The van der Waals surface area contributed by atoms with E-state index in [1.807, 2.05) is 31.2 Å². The lowest BCUT2D eigenvalue weighted by atomic mass is 9.99. The van der Waals surface area contributed by atoms with Crippen LogP contribution in [0.25, 0.3) is 17.2 Å². The predicted molar refractivity (Wildman–Crippen MR) is 105 cm³/mol. The third-order valence-corrected chi connectivity index (χ3v) is 4.94. The van der Waals surface area contributed by atoms with Gasteiger partial charge < -0.3 is 0 Å². The van der Waals surface area contributed by atoms with Gasteiger partial charge in [-0.05, 0) is 44.8 Å². The monoisotopic (exact) mass is 373 g/mol. The van der Waals surface area contributed by atoms with Crippen molar-refractivity contribution in [2.45, 2.75) is 33.2 Å². The van der Waals surface area contributed by atoms with Crippen molar-refractivity contribution in [3.05, 3.63) is 51.9 Å². The molecule has 7 heteroatoms. The molecule has 1 aromatic carbocycles. The van der Waals surface area contributed by atoms with Crippen molar-refractivity contribution in [2.75, 3.05) is 13.1 Å².